The van der Waals surface area contributed by atoms with Crippen LogP contribution in [0.1, 0.15) is 38.8 Å². The monoisotopic (exact) mass is 381 g/mol. The summed E-state index contributed by atoms with van der Waals surface area (Å²) in [6.45, 7) is 9.82. The van der Waals surface area contributed by atoms with Gasteiger partial charge in [-0.3, -0.25) is 0 Å². The molecule has 148 valence electrons. The first-order chi connectivity index (χ1) is 13.4. The zero-order valence-electron chi connectivity index (χ0n) is 16.8. The van der Waals surface area contributed by atoms with E-state index in [1.807, 2.05) is 19.1 Å². The predicted octanol–water partition coefficient (Wildman–Crippen LogP) is 4.22. The number of carboxylic acids is 1. The van der Waals surface area contributed by atoms with Crippen LogP contribution in [-0.4, -0.2) is 30.8 Å². The molecule has 0 radical (unpaired) electrons. The number of anilines is 2. The largest absolute Gasteiger partial charge is 0.492 e. The topological polar surface area (TPSA) is 85.6 Å². The molecule has 6 heteroatoms. The molecule has 2 rings (SSSR count). The van der Waals surface area contributed by atoms with Crippen molar-refractivity contribution < 1.29 is 14.6 Å². The quantitative estimate of drug-likeness (QED) is 0.677. The summed E-state index contributed by atoms with van der Waals surface area (Å²) < 4.78 is 5.82. The van der Waals surface area contributed by atoms with Crippen LogP contribution in [0.3, 0.4) is 0 Å². The van der Waals surface area contributed by atoms with Crippen LogP contribution in [0, 0.1) is 11.3 Å². The normalized spacial score (nSPS) is 12.5. The number of rotatable bonds is 9. The van der Waals surface area contributed by atoms with E-state index in [-0.39, 0.29) is 0 Å². The van der Waals surface area contributed by atoms with Gasteiger partial charge in [-0.1, -0.05) is 6.07 Å². The summed E-state index contributed by atoms with van der Waals surface area (Å²) in [5, 5.41) is 22.0. The molecule has 0 spiro atoms. The Morgan fingerprint density at radius 2 is 1.82 bits per heavy atom. The molecule has 0 amide bonds. The molecule has 0 aromatic heterocycles. The van der Waals surface area contributed by atoms with Gasteiger partial charge in [0.2, 0.25) is 0 Å². The third-order valence-corrected chi connectivity index (χ3v) is 4.78. The first-order valence-corrected chi connectivity index (χ1v) is 9.43. The van der Waals surface area contributed by atoms with Crippen LogP contribution >= 0.6 is 0 Å². The highest BCUT2D eigenvalue weighted by molar-refractivity contribution is 5.85. The second-order valence-electron chi connectivity index (χ2n) is 6.53. The van der Waals surface area contributed by atoms with Gasteiger partial charge < -0.3 is 20.1 Å². The van der Waals surface area contributed by atoms with E-state index in [9.17, 15) is 9.90 Å². The predicted molar refractivity (Wildman–Crippen MR) is 111 cm³/mol. The van der Waals surface area contributed by atoms with Gasteiger partial charge in [-0.15, -0.1) is 0 Å². The van der Waals surface area contributed by atoms with E-state index in [0.29, 0.717) is 29.2 Å². The highest BCUT2D eigenvalue weighted by atomic mass is 16.5. The number of nitriles is 1. The number of aliphatic carboxylic acids is 1. The number of hydrogen-bond acceptors (Lipinski definition) is 5. The maximum Gasteiger partial charge on any atom is 0.333 e. The molecule has 0 saturated carbocycles. The Hall–Kier alpha value is -3.20. The van der Waals surface area contributed by atoms with Gasteiger partial charge in [-0.25, -0.2) is 4.79 Å². The number of nitrogens with one attached hydrogen (secondary N) is 1. The summed E-state index contributed by atoms with van der Waals surface area (Å²) in [4.78, 5) is 14.4. The molecule has 28 heavy (non-hydrogen) atoms. The third kappa shape index (κ3) is 4.37. The van der Waals surface area contributed by atoms with Crippen LogP contribution in [-0.2, 0) is 10.3 Å². The molecule has 0 aliphatic heterocycles. The molecule has 6 nitrogen and oxygen atoms in total. The van der Waals surface area contributed by atoms with Crippen LogP contribution < -0.4 is 15.0 Å². The van der Waals surface area contributed by atoms with E-state index >= 15 is 0 Å². The molecule has 0 aliphatic rings. The Balaban J connectivity index is 2.47. The zero-order chi connectivity index (χ0) is 20.7. The van der Waals surface area contributed by atoms with Gasteiger partial charge in [-0.2, -0.15) is 5.26 Å². The van der Waals surface area contributed by atoms with Crippen molar-refractivity contribution in [3.63, 3.8) is 0 Å². The Bertz CT molecular complexity index is 854. The minimum Gasteiger partial charge on any atom is -0.492 e. The average molecular weight is 381 g/mol. The van der Waals surface area contributed by atoms with E-state index in [1.165, 1.54) is 0 Å². The van der Waals surface area contributed by atoms with Crippen molar-refractivity contribution in [3.8, 4) is 11.8 Å². The fourth-order valence-corrected chi connectivity index (χ4v) is 3.09. The van der Waals surface area contributed by atoms with E-state index in [1.54, 1.807) is 37.3 Å². The molecule has 1 unspecified atom stereocenters. The Kier molecular flexibility index (Phi) is 6.89. The minimum atomic E-state index is -1.36. The van der Waals surface area contributed by atoms with Gasteiger partial charge >= 0.3 is 5.97 Å². The maximum absolute atomic E-state index is 12.2. The number of hydrogen-bond donors (Lipinski definition) is 2. The standard InChI is InChI=1S/C22H27N3O3/c1-5-25(6-2)19-13-10-17(14-20(19)28-7-3)22(4,21(26)27)24-18-11-8-16(15-23)9-12-18/h8-14,24H,5-7H2,1-4H3,(H,26,27). The van der Waals surface area contributed by atoms with Crippen LogP contribution in [0.15, 0.2) is 42.5 Å². The van der Waals surface area contributed by atoms with Crippen molar-refractivity contribution in [1.82, 2.24) is 0 Å². The third-order valence-electron chi connectivity index (χ3n) is 4.78. The van der Waals surface area contributed by atoms with Gasteiger partial charge in [0.1, 0.15) is 5.75 Å². The summed E-state index contributed by atoms with van der Waals surface area (Å²) in [7, 11) is 0. The molecule has 2 aromatic carbocycles. The zero-order valence-corrected chi connectivity index (χ0v) is 16.8. The van der Waals surface area contributed by atoms with Crippen LogP contribution in [0.4, 0.5) is 11.4 Å². The summed E-state index contributed by atoms with van der Waals surface area (Å²) in [5.41, 5.74) is 1.31. The lowest BCUT2D eigenvalue weighted by Crippen LogP contribution is -2.40. The van der Waals surface area contributed by atoms with Gasteiger partial charge in [0.15, 0.2) is 5.54 Å². The fourth-order valence-electron chi connectivity index (χ4n) is 3.09. The molecule has 0 fully saturated rings. The van der Waals surface area contributed by atoms with Crippen molar-refractivity contribution >= 4 is 17.3 Å². The Morgan fingerprint density at radius 3 is 2.32 bits per heavy atom. The van der Waals surface area contributed by atoms with Crippen molar-refractivity contribution in [3.05, 3.63) is 53.6 Å². The number of carbonyl (C=O) groups is 1. The summed E-state index contributed by atoms with van der Waals surface area (Å²) in [5.74, 6) is -0.340. The molecule has 0 heterocycles. The highest BCUT2D eigenvalue weighted by Gasteiger charge is 2.36. The number of carboxylic acid groups (broad SMARTS) is 1. The molecule has 0 saturated heterocycles. The number of benzene rings is 2. The van der Waals surface area contributed by atoms with Gasteiger partial charge in [-0.05, 0) is 69.7 Å². The summed E-state index contributed by atoms with van der Waals surface area (Å²) >= 11 is 0. The molecular formula is C22H27N3O3. The van der Waals surface area contributed by atoms with Crippen LogP contribution in [0.25, 0.3) is 0 Å². The SMILES string of the molecule is CCOc1cc(C(C)(Nc2ccc(C#N)cc2)C(=O)O)ccc1N(CC)CC. The van der Waals surface area contributed by atoms with E-state index in [4.69, 9.17) is 10.00 Å². The molecule has 2 N–H and O–H groups in total. The number of nitrogens with zero attached hydrogens (tertiary/aromatic N) is 2. The first-order valence-electron chi connectivity index (χ1n) is 9.43. The van der Waals surface area contributed by atoms with Crippen molar-refractivity contribution in [2.45, 2.75) is 33.2 Å². The number of ether oxygens (including phenoxy) is 1. The van der Waals surface area contributed by atoms with Crippen LogP contribution in [0.2, 0.25) is 0 Å². The lowest BCUT2D eigenvalue weighted by molar-refractivity contribution is -0.142. The van der Waals surface area contributed by atoms with Crippen molar-refractivity contribution in [2.75, 3.05) is 29.9 Å². The maximum atomic E-state index is 12.2. The second kappa shape index (κ2) is 9.14. The van der Waals surface area contributed by atoms with Gasteiger partial charge in [0, 0.05) is 18.8 Å². The summed E-state index contributed by atoms with van der Waals surface area (Å²) in [6, 6.07) is 14.3. The molecule has 0 aliphatic carbocycles. The van der Waals surface area contributed by atoms with E-state index in [2.05, 4.69) is 30.1 Å². The molecule has 1 atom stereocenters. The lowest BCUT2D eigenvalue weighted by atomic mass is 9.91. The molecule has 0 bridgehead atoms. The van der Waals surface area contributed by atoms with Crippen molar-refractivity contribution in [1.29, 1.82) is 5.26 Å². The fraction of sp³-hybridized carbons (Fsp3) is 0.364. The first kappa shape index (κ1) is 21.1. The Labute approximate surface area is 166 Å². The average Bonchev–Trinajstić information content (AvgIpc) is 2.70. The van der Waals surface area contributed by atoms with E-state index in [0.717, 1.165) is 18.8 Å². The molecular weight excluding hydrogens is 354 g/mol. The highest BCUT2D eigenvalue weighted by Crippen LogP contribution is 2.35. The second-order valence-corrected chi connectivity index (χ2v) is 6.53. The van der Waals surface area contributed by atoms with E-state index < -0.39 is 11.5 Å². The van der Waals surface area contributed by atoms with Gasteiger partial charge in [0.25, 0.3) is 0 Å². The van der Waals surface area contributed by atoms with Crippen LogP contribution in [0.5, 0.6) is 5.75 Å². The smallest absolute Gasteiger partial charge is 0.333 e. The molecule has 2 aromatic rings. The Morgan fingerprint density at radius 1 is 1.18 bits per heavy atom. The summed E-state index contributed by atoms with van der Waals surface area (Å²) in [6.07, 6.45) is 0. The van der Waals surface area contributed by atoms with Crippen molar-refractivity contribution in [2.24, 2.45) is 0 Å². The minimum absolute atomic E-state index is 0.491. The lowest BCUT2D eigenvalue weighted by Gasteiger charge is -2.30. The van der Waals surface area contributed by atoms with Gasteiger partial charge in [0.05, 0.1) is 23.9 Å².